The third-order valence-corrected chi connectivity index (χ3v) is 5.41. The Morgan fingerprint density at radius 2 is 1.86 bits per heavy atom. The number of halogens is 2. The van der Waals surface area contributed by atoms with E-state index in [9.17, 15) is 13.2 Å². The number of nitrogens with one attached hydrogen (secondary N) is 2. The molecule has 0 unspecified atom stereocenters. The number of rotatable bonds is 7. The molecule has 0 bridgehead atoms. The summed E-state index contributed by atoms with van der Waals surface area (Å²) in [6, 6.07) is 4.41. The predicted molar refractivity (Wildman–Crippen MR) is 91.4 cm³/mol. The lowest BCUT2D eigenvalue weighted by Crippen LogP contribution is -2.31. The summed E-state index contributed by atoms with van der Waals surface area (Å²) in [6.07, 6.45) is 0. The van der Waals surface area contributed by atoms with E-state index in [4.69, 9.17) is 11.6 Å². The van der Waals surface area contributed by atoms with Gasteiger partial charge in [0.25, 0.3) is 0 Å². The Kier molecular flexibility index (Phi) is 8.95. The van der Waals surface area contributed by atoms with Crippen LogP contribution in [0.15, 0.2) is 23.1 Å². The lowest BCUT2D eigenvalue weighted by molar-refractivity contribution is -0.115. The maximum atomic E-state index is 12.5. The number of nitrogens with zero attached hydrogens (tertiary/aromatic N) is 1. The summed E-state index contributed by atoms with van der Waals surface area (Å²) >= 11 is 6.01. The Hall–Kier alpha value is -0.860. The number of carbonyl (C=O) groups excluding carboxylic acids is 1. The molecule has 9 heteroatoms. The van der Waals surface area contributed by atoms with Gasteiger partial charge < -0.3 is 10.6 Å². The first kappa shape index (κ1) is 21.1. The molecule has 0 radical (unpaired) electrons. The summed E-state index contributed by atoms with van der Waals surface area (Å²) < 4.78 is 26.3. The number of benzene rings is 1. The standard InChI is InChI=1S/C13H20ClN3O3S.ClH/c1-4-17(5-2)21(19,20)12-8-10(6-7-11(12)14)16-13(18)9-15-3;/h6-8,15H,4-5,9H2,1-3H3,(H,16,18);1H. The van der Waals surface area contributed by atoms with Crippen molar-refractivity contribution in [1.82, 2.24) is 9.62 Å². The topological polar surface area (TPSA) is 78.5 Å². The van der Waals surface area contributed by atoms with Gasteiger partial charge in [-0.15, -0.1) is 12.4 Å². The van der Waals surface area contributed by atoms with E-state index in [0.717, 1.165) is 0 Å². The lowest BCUT2D eigenvalue weighted by Gasteiger charge is -2.19. The second-order valence-corrected chi connectivity index (χ2v) is 6.63. The molecular weight excluding hydrogens is 349 g/mol. The Labute approximate surface area is 142 Å². The van der Waals surface area contributed by atoms with Gasteiger partial charge in [0.2, 0.25) is 15.9 Å². The summed E-state index contributed by atoms with van der Waals surface area (Å²) in [6.45, 7) is 4.36. The van der Waals surface area contributed by atoms with Crippen LogP contribution in [0.25, 0.3) is 0 Å². The van der Waals surface area contributed by atoms with Gasteiger partial charge in [0.15, 0.2) is 0 Å². The van der Waals surface area contributed by atoms with Gasteiger partial charge in [-0.3, -0.25) is 4.79 Å². The van der Waals surface area contributed by atoms with Gasteiger partial charge in [0.05, 0.1) is 11.6 Å². The third kappa shape index (κ3) is 5.10. The minimum atomic E-state index is -3.67. The molecule has 1 amide bonds. The maximum absolute atomic E-state index is 12.5. The molecule has 0 aromatic heterocycles. The van der Waals surface area contributed by atoms with E-state index < -0.39 is 10.0 Å². The predicted octanol–water partition coefficient (Wildman–Crippen LogP) is 1.95. The Balaban J connectivity index is 0.00000441. The smallest absolute Gasteiger partial charge is 0.244 e. The molecule has 0 heterocycles. The number of hydrogen-bond donors (Lipinski definition) is 2. The molecule has 2 N–H and O–H groups in total. The first-order chi connectivity index (χ1) is 9.86. The van der Waals surface area contributed by atoms with Crippen molar-refractivity contribution in [1.29, 1.82) is 0 Å². The van der Waals surface area contributed by atoms with E-state index in [1.54, 1.807) is 27.0 Å². The molecule has 0 aliphatic carbocycles. The highest BCUT2D eigenvalue weighted by Crippen LogP contribution is 2.27. The van der Waals surface area contributed by atoms with E-state index in [2.05, 4.69) is 10.6 Å². The van der Waals surface area contributed by atoms with Crippen molar-refractivity contribution in [3.63, 3.8) is 0 Å². The van der Waals surface area contributed by atoms with E-state index >= 15 is 0 Å². The zero-order valence-electron chi connectivity index (χ0n) is 12.7. The van der Waals surface area contributed by atoms with Crippen molar-refractivity contribution in [3.05, 3.63) is 23.2 Å². The van der Waals surface area contributed by atoms with Crippen LogP contribution in [-0.2, 0) is 14.8 Å². The van der Waals surface area contributed by atoms with Crippen LogP contribution in [0.4, 0.5) is 5.69 Å². The number of anilines is 1. The quantitative estimate of drug-likeness (QED) is 0.769. The highest BCUT2D eigenvalue weighted by Gasteiger charge is 2.24. The van der Waals surface area contributed by atoms with Crippen molar-refractivity contribution >= 4 is 45.6 Å². The number of sulfonamides is 1. The van der Waals surface area contributed by atoms with Crippen molar-refractivity contribution in [2.75, 3.05) is 32.0 Å². The fourth-order valence-electron chi connectivity index (χ4n) is 1.85. The van der Waals surface area contributed by atoms with Crippen LogP contribution in [0, 0.1) is 0 Å². The highest BCUT2D eigenvalue weighted by molar-refractivity contribution is 7.89. The zero-order valence-corrected chi connectivity index (χ0v) is 15.1. The average molecular weight is 370 g/mol. The van der Waals surface area contributed by atoms with Gasteiger partial charge in [-0.2, -0.15) is 4.31 Å². The minimum absolute atomic E-state index is 0. The van der Waals surface area contributed by atoms with E-state index in [1.807, 2.05) is 0 Å². The van der Waals surface area contributed by atoms with Gasteiger partial charge in [0, 0.05) is 18.8 Å². The number of carbonyl (C=O) groups is 1. The Morgan fingerprint density at radius 1 is 1.27 bits per heavy atom. The normalized spacial score (nSPS) is 11.1. The van der Waals surface area contributed by atoms with E-state index in [-0.39, 0.29) is 34.8 Å². The number of hydrogen-bond acceptors (Lipinski definition) is 4. The van der Waals surface area contributed by atoms with Crippen molar-refractivity contribution < 1.29 is 13.2 Å². The summed E-state index contributed by atoms with van der Waals surface area (Å²) in [5, 5.41) is 5.46. The first-order valence-corrected chi connectivity index (χ1v) is 8.42. The van der Waals surface area contributed by atoms with Crippen molar-refractivity contribution in [2.24, 2.45) is 0 Å². The largest absolute Gasteiger partial charge is 0.325 e. The van der Waals surface area contributed by atoms with Crippen LogP contribution in [0.3, 0.4) is 0 Å². The molecule has 0 aliphatic rings. The molecular formula is C13H21Cl2N3O3S. The Morgan fingerprint density at radius 3 is 2.36 bits per heavy atom. The molecule has 0 saturated heterocycles. The second-order valence-electron chi connectivity index (χ2n) is 4.31. The molecule has 22 heavy (non-hydrogen) atoms. The van der Waals surface area contributed by atoms with Crippen LogP contribution in [0.2, 0.25) is 5.02 Å². The van der Waals surface area contributed by atoms with Crippen LogP contribution in [0.1, 0.15) is 13.8 Å². The summed E-state index contributed by atoms with van der Waals surface area (Å²) in [7, 11) is -2.02. The summed E-state index contributed by atoms with van der Waals surface area (Å²) in [4.78, 5) is 11.5. The monoisotopic (exact) mass is 369 g/mol. The minimum Gasteiger partial charge on any atom is -0.325 e. The van der Waals surface area contributed by atoms with Crippen molar-refractivity contribution in [2.45, 2.75) is 18.7 Å². The summed E-state index contributed by atoms with van der Waals surface area (Å²) in [5.41, 5.74) is 0.394. The first-order valence-electron chi connectivity index (χ1n) is 6.60. The molecule has 1 aromatic carbocycles. The fourth-order valence-corrected chi connectivity index (χ4v) is 3.81. The van der Waals surface area contributed by atoms with Gasteiger partial charge in [-0.25, -0.2) is 8.42 Å². The van der Waals surface area contributed by atoms with Crippen LogP contribution >= 0.6 is 24.0 Å². The molecule has 1 rings (SSSR count). The van der Waals surface area contributed by atoms with Crippen LogP contribution in [0.5, 0.6) is 0 Å². The Bertz CT molecular complexity index is 605. The molecule has 126 valence electrons. The van der Waals surface area contributed by atoms with Gasteiger partial charge in [0.1, 0.15) is 4.90 Å². The average Bonchev–Trinajstić information content (AvgIpc) is 2.42. The lowest BCUT2D eigenvalue weighted by atomic mass is 10.3. The molecule has 0 aliphatic heterocycles. The molecule has 0 saturated carbocycles. The maximum Gasteiger partial charge on any atom is 0.244 e. The fraction of sp³-hybridized carbons (Fsp3) is 0.462. The van der Waals surface area contributed by atoms with Crippen LogP contribution in [-0.4, -0.2) is 45.3 Å². The number of likely N-dealkylation sites (N-methyl/N-ethyl adjacent to an activating group) is 1. The zero-order chi connectivity index (χ0) is 16.0. The second kappa shape index (κ2) is 9.32. The molecule has 0 fully saturated rings. The van der Waals surface area contributed by atoms with Gasteiger partial charge in [-0.1, -0.05) is 25.4 Å². The number of amides is 1. The molecule has 0 spiro atoms. The molecule has 1 aromatic rings. The van der Waals surface area contributed by atoms with Gasteiger partial charge in [-0.05, 0) is 25.2 Å². The molecule has 6 nitrogen and oxygen atoms in total. The molecule has 0 atom stereocenters. The van der Waals surface area contributed by atoms with Gasteiger partial charge >= 0.3 is 0 Å². The highest BCUT2D eigenvalue weighted by atomic mass is 35.5. The van der Waals surface area contributed by atoms with Crippen molar-refractivity contribution in [3.8, 4) is 0 Å². The van der Waals surface area contributed by atoms with E-state index in [0.29, 0.717) is 18.8 Å². The summed E-state index contributed by atoms with van der Waals surface area (Å²) in [5.74, 6) is -0.258. The third-order valence-electron chi connectivity index (χ3n) is 2.88. The van der Waals surface area contributed by atoms with Crippen LogP contribution < -0.4 is 10.6 Å². The SMILES string of the molecule is CCN(CC)S(=O)(=O)c1cc(NC(=O)CNC)ccc1Cl.Cl. The van der Waals surface area contributed by atoms with E-state index in [1.165, 1.54) is 16.4 Å².